The summed E-state index contributed by atoms with van der Waals surface area (Å²) in [5.41, 5.74) is 1.84. The minimum atomic E-state index is -0.233. The van der Waals surface area contributed by atoms with E-state index in [1.165, 1.54) is 6.07 Å². The summed E-state index contributed by atoms with van der Waals surface area (Å²) in [6.45, 7) is 4.09. The van der Waals surface area contributed by atoms with E-state index in [-0.39, 0.29) is 11.4 Å². The number of benzene rings is 1. The number of ether oxygens (including phenoxy) is 1. The molecule has 0 unspecified atom stereocenters. The maximum Gasteiger partial charge on any atom is 0.126 e. The molecule has 0 saturated carbocycles. The molecule has 3 rings (SSSR count). The fraction of sp³-hybridized carbons (Fsp3) is 0.316. The van der Waals surface area contributed by atoms with Crippen molar-refractivity contribution in [1.82, 2.24) is 15.2 Å². The highest BCUT2D eigenvalue weighted by Gasteiger charge is 2.19. The van der Waals surface area contributed by atoms with Crippen molar-refractivity contribution >= 4 is 22.4 Å². The smallest absolute Gasteiger partial charge is 0.126 e. The van der Waals surface area contributed by atoms with E-state index in [1.807, 2.05) is 19.9 Å². The van der Waals surface area contributed by atoms with Crippen LogP contribution < -0.4 is 0 Å². The number of rotatable bonds is 5. The molecule has 5 nitrogen and oxygen atoms in total. The standard InChI is InChI=1S/C19H20ClN3O2/c1-19(2,25-3)8-6-16-15-11-21-9-7-13(15)18(23-22-16)14-5-4-12(20)10-17(14)24/h4-5,7,9-11,24H,6,8H2,1-3H3. The van der Waals surface area contributed by atoms with E-state index in [2.05, 4.69) is 15.2 Å². The van der Waals surface area contributed by atoms with Crippen molar-refractivity contribution in [2.45, 2.75) is 32.3 Å². The Morgan fingerprint density at radius 2 is 1.96 bits per heavy atom. The SMILES string of the molecule is COC(C)(C)CCc1nnc(-c2ccc(Cl)cc2O)c2ccncc12. The monoisotopic (exact) mass is 357 g/mol. The van der Waals surface area contributed by atoms with E-state index < -0.39 is 0 Å². The van der Waals surface area contributed by atoms with Crippen molar-refractivity contribution in [1.29, 1.82) is 0 Å². The number of phenols is 1. The van der Waals surface area contributed by atoms with Crippen molar-refractivity contribution in [3.63, 3.8) is 0 Å². The number of fused-ring (bicyclic) bond motifs is 1. The second-order valence-electron chi connectivity index (χ2n) is 6.54. The predicted molar refractivity (Wildman–Crippen MR) is 98.9 cm³/mol. The number of pyridine rings is 1. The first kappa shape index (κ1) is 17.6. The van der Waals surface area contributed by atoms with Gasteiger partial charge in [-0.1, -0.05) is 11.6 Å². The largest absolute Gasteiger partial charge is 0.507 e. The van der Waals surface area contributed by atoms with Crippen LogP contribution in [-0.2, 0) is 11.2 Å². The van der Waals surface area contributed by atoms with Crippen LogP contribution in [0.5, 0.6) is 5.75 Å². The summed E-state index contributed by atoms with van der Waals surface area (Å²) < 4.78 is 5.48. The van der Waals surface area contributed by atoms with Crippen LogP contribution in [0.25, 0.3) is 22.0 Å². The average molecular weight is 358 g/mol. The van der Waals surface area contributed by atoms with Gasteiger partial charge >= 0.3 is 0 Å². The molecule has 0 amide bonds. The molecular weight excluding hydrogens is 338 g/mol. The molecule has 0 spiro atoms. The lowest BCUT2D eigenvalue weighted by atomic mass is 9.98. The van der Waals surface area contributed by atoms with Crippen LogP contribution >= 0.6 is 11.6 Å². The number of methoxy groups -OCH3 is 1. The van der Waals surface area contributed by atoms with Gasteiger partial charge in [-0.05, 0) is 51.0 Å². The molecular formula is C19H20ClN3O2. The Morgan fingerprint density at radius 3 is 2.68 bits per heavy atom. The normalized spacial score (nSPS) is 11.8. The third-order valence-electron chi connectivity index (χ3n) is 4.39. The zero-order valence-electron chi connectivity index (χ0n) is 14.5. The van der Waals surface area contributed by atoms with E-state index in [4.69, 9.17) is 16.3 Å². The Labute approximate surface area is 151 Å². The first-order valence-electron chi connectivity index (χ1n) is 8.04. The number of nitrogens with zero attached hydrogens (tertiary/aromatic N) is 3. The van der Waals surface area contributed by atoms with Gasteiger partial charge < -0.3 is 9.84 Å². The number of hydrogen-bond acceptors (Lipinski definition) is 5. The zero-order chi connectivity index (χ0) is 18.0. The van der Waals surface area contributed by atoms with E-state index in [9.17, 15) is 5.11 Å². The summed E-state index contributed by atoms with van der Waals surface area (Å²) in [5.74, 6) is 0.0770. The van der Waals surface area contributed by atoms with Crippen LogP contribution in [0.15, 0.2) is 36.7 Å². The number of hydrogen-bond donors (Lipinski definition) is 1. The lowest BCUT2D eigenvalue weighted by molar-refractivity contribution is 0.0156. The number of aromatic hydroxyl groups is 1. The van der Waals surface area contributed by atoms with Gasteiger partial charge in [0.25, 0.3) is 0 Å². The van der Waals surface area contributed by atoms with Crippen molar-refractivity contribution in [3.8, 4) is 17.0 Å². The van der Waals surface area contributed by atoms with Crippen LogP contribution in [0.1, 0.15) is 26.0 Å². The number of aryl methyl sites for hydroxylation is 1. The van der Waals surface area contributed by atoms with Gasteiger partial charge in [-0.3, -0.25) is 4.98 Å². The van der Waals surface area contributed by atoms with Crippen LogP contribution in [-0.4, -0.2) is 33.0 Å². The quantitative estimate of drug-likeness (QED) is 0.732. The zero-order valence-corrected chi connectivity index (χ0v) is 15.2. The maximum absolute atomic E-state index is 10.2. The van der Waals surface area contributed by atoms with E-state index in [0.29, 0.717) is 16.3 Å². The Kier molecular flexibility index (Phi) is 4.88. The molecule has 1 N–H and O–H groups in total. The number of phenolic OH excluding ortho intramolecular Hbond substituents is 1. The van der Waals surface area contributed by atoms with Gasteiger partial charge in [0.2, 0.25) is 0 Å². The van der Waals surface area contributed by atoms with Gasteiger partial charge in [0, 0.05) is 40.9 Å². The molecule has 0 atom stereocenters. The van der Waals surface area contributed by atoms with E-state index >= 15 is 0 Å². The number of halogens is 1. The molecule has 0 saturated heterocycles. The third kappa shape index (κ3) is 3.72. The molecule has 0 bridgehead atoms. The van der Waals surface area contributed by atoms with Crippen LogP contribution in [0, 0.1) is 0 Å². The summed E-state index contributed by atoms with van der Waals surface area (Å²) in [7, 11) is 1.71. The van der Waals surface area contributed by atoms with Crippen LogP contribution in [0.4, 0.5) is 0 Å². The maximum atomic E-state index is 10.2. The fourth-order valence-corrected chi connectivity index (χ4v) is 2.83. The Bertz CT molecular complexity index is 912. The van der Waals surface area contributed by atoms with Gasteiger partial charge in [-0.2, -0.15) is 5.10 Å². The molecule has 1 aromatic carbocycles. The van der Waals surface area contributed by atoms with Crippen molar-refractivity contribution in [2.75, 3.05) is 7.11 Å². The highest BCUT2D eigenvalue weighted by molar-refractivity contribution is 6.30. The minimum Gasteiger partial charge on any atom is -0.507 e. The second kappa shape index (κ2) is 6.94. The summed E-state index contributed by atoms with van der Waals surface area (Å²) in [4.78, 5) is 4.23. The molecule has 0 aliphatic rings. The summed E-state index contributed by atoms with van der Waals surface area (Å²) >= 11 is 5.93. The van der Waals surface area contributed by atoms with Gasteiger partial charge in [-0.25, -0.2) is 0 Å². The second-order valence-corrected chi connectivity index (χ2v) is 6.98. The average Bonchev–Trinajstić information content (AvgIpc) is 2.60. The topological polar surface area (TPSA) is 68.1 Å². The Hall–Kier alpha value is -2.24. The van der Waals surface area contributed by atoms with Gasteiger partial charge in [0.1, 0.15) is 11.4 Å². The third-order valence-corrected chi connectivity index (χ3v) is 4.62. The highest BCUT2D eigenvalue weighted by Crippen LogP contribution is 2.35. The predicted octanol–water partition coefficient (Wildman–Crippen LogP) is 4.41. The highest BCUT2D eigenvalue weighted by atomic mass is 35.5. The van der Waals surface area contributed by atoms with Crippen molar-refractivity contribution in [3.05, 3.63) is 47.4 Å². The van der Waals surface area contributed by atoms with E-state index in [0.717, 1.165) is 29.3 Å². The molecule has 0 aliphatic heterocycles. The first-order chi connectivity index (χ1) is 11.9. The van der Waals surface area contributed by atoms with Crippen molar-refractivity contribution in [2.24, 2.45) is 0 Å². The molecule has 0 fully saturated rings. The van der Waals surface area contributed by atoms with Crippen LogP contribution in [0.2, 0.25) is 5.02 Å². The number of aromatic nitrogens is 3. The minimum absolute atomic E-state index is 0.0770. The molecule has 6 heteroatoms. The lowest BCUT2D eigenvalue weighted by Gasteiger charge is -2.22. The van der Waals surface area contributed by atoms with Gasteiger partial charge in [0.05, 0.1) is 11.3 Å². The first-order valence-corrected chi connectivity index (χ1v) is 8.42. The molecule has 25 heavy (non-hydrogen) atoms. The molecule has 2 heterocycles. The summed E-state index contributed by atoms with van der Waals surface area (Å²) in [6, 6.07) is 6.86. The Balaban J connectivity index is 2.07. The fourth-order valence-electron chi connectivity index (χ4n) is 2.66. The molecule has 2 aromatic heterocycles. The van der Waals surface area contributed by atoms with Crippen molar-refractivity contribution < 1.29 is 9.84 Å². The summed E-state index contributed by atoms with van der Waals surface area (Å²) in [5, 5.41) is 21.3. The molecule has 0 radical (unpaired) electrons. The Morgan fingerprint density at radius 1 is 1.16 bits per heavy atom. The van der Waals surface area contributed by atoms with Crippen LogP contribution in [0.3, 0.4) is 0 Å². The lowest BCUT2D eigenvalue weighted by Crippen LogP contribution is -2.23. The molecule has 130 valence electrons. The van der Waals surface area contributed by atoms with Gasteiger partial charge in [-0.15, -0.1) is 5.10 Å². The molecule has 3 aromatic rings. The summed E-state index contributed by atoms with van der Waals surface area (Å²) in [6.07, 6.45) is 5.04. The molecule has 0 aliphatic carbocycles. The van der Waals surface area contributed by atoms with Gasteiger partial charge in [0.15, 0.2) is 0 Å². The van der Waals surface area contributed by atoms with E-state index in [1.54, 1.807) is 31.6 Å².